The molecule has 0 N–H and O–H groups in total. The molecule has 0 heterocycles. The predicted octanol–water partition coefficient (Wildman–Crippen LogP) is 4.16. The zero-order valence-electron chi connectivity index (χ0n) is 7.75. The lowest BCUT2D eigenvalue weighted by Crippen LogP contribution is -2.19. The number of hydrogen-bond acceptors (Lipinski definition) is 0. The minimum absolute atomic E-state index is 0.320. The zero-order chi connectivity index (χ0) is 10.9. The van der Waals surface area contributed by atoms with Gasteiger partial charge in [0.15, 0.2) is 0 Å². The van der Waals surface area contributed by atoms with Gasteiger partial charge in [0.1, 0.15) is 5.82 Å². The molecule has 1 aliphatic carbocycles. The first-order chi connectivity index (χ1) is 7.12. The van der Waals surface area contributed by atoms with Crippen molar-refractivity contribution in [3.05, 3.63) is 65.3 Å². The fraction of sp³-hybridized carbons (Fsp3) is 0.0833. The van der Waals surface area contributed by atoms with Gasteiger partial charge in [-0.15, -0.1) is 11.6 Å². The monoisotopic (exact) mass is 241 g/mol. The number of rotatable bonds is 1. The Balaban J connectivity index is 2.40. The van der Waals surface area contributed by atoms with E-state index < -0.39 is 4.87 Å². The average molecular weight is 242 g/mol. The number of benzene rings is 1. The number of allylic oxidation sites excluding steroid dienone is 4. The Hall–Kier alpha value is -0.790. The summed E-state index contributed by atoms with van der Waals surface area (Å²) in [6.45, 7) is 0. The molecule has 0 bridgehead atoms. The van der Waals surface area contributed by atoms with E-state index in [1.54, 1.807) is 42.8 Å². The minimum Gasteiger partial charge on any atom is -0.207 e. The zero-order valence-corrected chi connectivity index (χ0v) is 9.26. The molecule has 0 spiro atoms. The smallest absolute Gasteiger partial charge is 0.128 e. The molecule has 1 aromatic carbocycles. The fourth-order valence-electron chi connectivity index (χ4n) is 1.46. The van der Waals surface area contributed by atoms with E-state index in [0.29, 0.717) is 10.6 Å². The molecule has 0 aliphatic heterocycles. The van der Waals surface area contributed by atoms with Gasteiger partial charge < -0.3 is 0 Å². The minimum atomic E-state index is -0.927. The number of hydrogen-bond donors (Lipinski definition) is 0. The van der Waals surface area contributed by atoms with Gasteiger partial charge in [-0.05, 0) is 12.1 Å². The quantitative estimate of drug-likeness (QED) is 0.648. The predicted molar refractivity (Wildman–Crippen MR) is 61.3 cm³/mol. The van der Waals surface area contributed by atoms with Crippen molar-refractivity contribution >= 4 is 23.2 Å². The van der Waals surface area contributed by atoms with E-state index >= 15 is 0 Å². The van der Waals surface area contributed by atoms with Crippen molar-refractivity contribution in [2.75, 3.05) is 0 Å². The lowest BCUT2D eigenvalue weighted by molar-refractivity contribution is 0.600. The SMILES string of the molecule is Fc1ccccc1C1(Cl)[CH]C=C(Cl)C=C1. The first kappa shape index (κ1) is 10.7. The molecule has 1 aliphatic rings. The topological polar surface area (TPSA) is 0 Å². The second-order valence-corrected chi connectivity index (χ2v) is 4.36. The molecule has 2 rings (SSSR count). The highest BCUT2D eigenvalue weighted by atomic mass is 35.5. The molecule has 1 radical (unpaired) electrons. The summed E-state index contributed by atoms with van der Waals surface area (Å²) < 4.78 is 13.5. The number of alkyl halides is 1. The van der Waals surface area contributed by atoms with Crippen LogP contribution >= 0.6 is 23.2 Å². The Labute approximate surface area is 98.0 Å². The van der Waals surface area contributed by atoms with Gasteiger partial charge >= 0.3 is 0 Å². The number of halogens is 3. The van der Waals surface area contributed by atoms with Crippen LogP contribution < -0.4 is 0 Å². The highest BCUT2D eigenvalue weighted by Gasteiger charge is 2.30. The summed E-state index contributed by atoms with van der Waals surface area (Å²) in [5.41, 5.74) is 0.434. The summed E-state index contributed by atoms with van der Waals surface area (Å²) in [7, 11) is 0. The van der Waals surface area contributed by atoms with Gasteiger partial charge in [0.25, 0.3) is 0 Å². The largest absolute Gasteiger partial charge is 0.207 e. The van der Waals surface area contributed by atoms with Crippen LogP contribution in [0.4, 0.5) is 4.39 Å². The van der Waals surface area contributed by atoms with Gasteiger partial charge in [-0.1, -0.05) is 42.0 Å². The Bertz CT molecular complexity index is 437. The van der Waals surface area contributed by atoms with Crippen molar-refractivity contribution in [3.8, 4) is 0 Å². The summed E-state index contributed by atoms with van der Waals surface area (Å²) in [5, 5.41) is 0.586. The molecule has 0 saturated heterocycles. The standard InChI is InChI=1S/C12H8Cl2F/c13-9-5-7-12(14,8-6-9)10-3-1-2-4-11(10)15/h1-8H. The van der Waals surface area contributed by atoms with Crippen molar-refractivity contribution in [2.45, 2.75) is 4.87 Å². The summed E-state index contributed by atoms with van der Waals surface area (Å²) in [6, 6.07) is 6.44. The van der Waals surface area contributed by atoms with Crippen molar-refractivity contribution in [2.24, 2.45) is 0 Å². The van der Waals surface area contributed by atoms with Crippen LogP contribution in [0.1, 0.15) is 5.56 Å². The maximum atomic E-state index is 13.5. The average Bonchev–Trinajstić information content (AvgIpc) is 2.23. The third-order valence-corrected chi connectivity index (χ3v) is 2.96. The van der Waals surface area contributed by atoms with Gasteiger partial charge in [-0.3, -0.25) is 0 Å². The van der Waals surface area contributed by atoms with Crippen LogP contribution in [0.3, 0.4) is 0 Å². The van der Waals surface area contributed by atoms with E-state index in [2.05, 4.69) is 0 Å². The third kappa shape index (κ3) is 2.09. The van der Waals surface area contributed by atoms with Gasteiger partial charge in [0, 0.05) is 17.0 Å². The highest BCUT2D eigenvalue weighted by Crippen LogP contribution is 2.38. The molecule has 3 heteroatoms. The summed E-state index contributed by atoms with van der Waals surface area (Å²) in [4.78, 5) is -0.927. The van der Waals surface area contributed by atoms with Gasteiger partial charge in [0.2, 0.25) is 0 Å². The van der Waals surface area contributed by atoms with Gasteiger partial charge in [0.05, 0.1) is 4.87 Å². The Kier molecular flexibility index (Phi) is 2.85. The second-order valence-electron chi connectivity index (χ2n) is 3.30. The molecule has 77 valence electrons. The van der Waals surface area contributed by atoms with E-state index in [1.807, 2.05) is 0 Å². The maximum Gasteiger partial charge on any atom is 0.128 e. The van der Waals surface area contributed by atoms with Crippen LogP contribution in [-0.2, 0) is 4.87 Å². The van der Waals surface area contributed by atoms with E-state index in [4.69, 9.17) is 23.2 Å². The molecular weight excluding hydrogens is 234 g/mol. The van der Waals surface area contributed by atoms with Gasteiger partial charge in [-0.25, -0.2) is 4.39 Å². The molecule has 1 atom stereocenters. The maximum absolute atomic E-state index is 13.5. The first-order valence-electron chi connectivity index (χ1n) is 4.47. The lowest BCUT2D eigenvalue weighted by Gasteiger charge is -2.25. The highest BCUT2D eigenvalue weighted by molar-refractivity contribution is 6.32. The fourth-order valence-corrected chi connectivity index (χ4v) is 1.87. The van der Waals surface area contributed by atoms with E-state index in [1.165, 1.54) is 6.07 Å². The molecule has 1 aromatic rings. The van der Waals surface area contributed by atoms with Crippen LogP contribution in [0.5, 0.6) is 0 Å². The molecule has 0 fully saturated rings. The first-order valence-corrected chi connectivity index (χ1v) is 5.22. The van der Waals surface area contributed by atoms with Crippen LogP contribution in [0.25, 0.3) is 0 Å². The molecule has 0 amide bonds. The lowest BCUT2D eigenvalue weighted by atomic mass is 9.91. The molecule has 0 saturated carbocycles. The third-order valence-electron chi connectivity index (χ3n) is 2.26. The van der Waals surface area contributed by atoms with Crippen LogP contribution in [-0.4, -0.2) is 0 Å². The Morgan fingerprint density at radius 1 is 1.20 bits per heavy atom. The van der Waals surface area contributed by atoms with E-state index in [-0.39, 0.29) is 5.82 Å². The molecule has 0 nitrogen and oxygen atoms in total. The summed E-state index contributed by atoms with van der Waals surface area (Å²) >= 11 is 12.0. The molecule has 0 aromatic heterocycles. The molecule has 15 heavy (non-hydrogen) atoms. The van der Waals surface area contributed by atoms with E-state index in [9.17, 15) is 4.39 Å². The van der Waals surface area contributed by atoms with Crippen molar-refractivity contribution < 1.29 is 4.39 Å². The molecular formula is C12H8Cl2F. The van der Waals surface area contributed by atoms with Gasteiger partial charge in [-0.2, -0.15) is 0 Å². The molecule has 1 unspecified atom stereocenters. The van der Waals surface area contributed by atoms with Crippen LogP contribution in [0, 0.1) is 12.2 Å². The Morgan fingerprint density at radius 2 is 1.93 bits per heavy atom. The normalized spacial score (nSPS) is 25.1. The van der Waals surface area contributed by atoms with E-state index in [0.717, 1.165) is 0 Å². The van der Waals surface area contributed by atoms with Crippen molar-refractivity contribution in [3.63, 3.8) is 0 Å². The summed E-state index contributed by atoms with van der Waals surface area (Å²) in [6.07, 6.45) is 6.69. The van der Waals surface area contributed by atoms with Crippen molar-refractivity contribution in [1.29, 1.82) is 0 Å². The summed E-state index contributed by atoms with van der Waals surface area (Å²) in [5.74, 6) is -0.320. The van der Waals surface area contributed by atoms with Crippen LogP contribution in [0.2, 0.25) is 0 Å². The second kappa shape index (κ2) is 3.99. The Morgan fingerprint density at radius 3 is 2.53 bits per heavy atom. The van der Waals surface area contributed by atoms with Crippen molar-refractivity contribution in [1.82, 2.24) is 0 Å². The van der Waals surface area contributed by atoms with Crippen LogP contribution in [0.15, 0.2) is 47.5 Å².